The Balaban J connectivity index is 2.19. The van der Waals surface area contributed by atoms with E-state index >= 15 is 0 Å². The summed E-state index contributed by atoms with van der Waals surface area (Å²) in [4.78, 5) is 10.5. The molecule has 0 spiro atoms. The molecule has 0 amide bonds. The van der Waals surface area contributed by atoms with Crippen LogP contribution in [0.2, 0.25) is 0 Å². The van der Waals surface area contributed by atoms with Crippen LogP contribution >= 0.6 is 0 Å². The Morgan fingerprint density at radius 3 is 2.61 bits per heavy atom. The number of benzene rings is 1. The van der Waals surface area contributed by atoms with Gasteiger partial charge in [0.05, 0.1) is 11.0 Å². The topological polar surface area (TPSA) is 105 Å². The van der Waals surface area contributed by atoms with Crippen molar-refractivity contribution >= 4 is 5.69 Å². The fourth-order valence-corrected chi connectivity index (χ4v) is 1.67. The normalized spacial score (nSPS) is 13.3. The van der Waals surface area contributed by atoms with Crippen molar-refractivity contribution in [3.05, 3.63) is 28.6 Å². The number of nitro groups is 1. The van der Waals surface area contributed by atoms with Crippen molar-refractivity contribution in [1.29, 1.82) is 0 Å². The molecule has 0 saturated heterocycles. The number of aromatic nitrogens is 4. The summed E-state index contributed by atoms with van der Waals surface area (Å²) >= 11 is 0. The van der Waals surface area contributed by atoms with Crippen LogP contribution in [0.1, 0.15) is 0 Å². The second-order valence-electron chi connectivity index (χ2n) is 3.50. The summed E-state index contributed by atoms with van der Waals surface area (Å²) in [7, 11) is 0. The summed E-state index contributed by atoms with van der Waals surface area (Å²) in [6.07, 6.45) is 1.28. The van der Waals surface area contributed by atoms with Crippen molar-refractivity contribution in [2.45, 2.75) is 0 Å². The number of rotatable bonds is 2. The summed E-state index contributed by atoms with van der Waals surface area (Å²) < 4.78 is 11.9. The average Bonchev–Trinajstić information content (AvgIpc) is 2.91. The zero-order chi connectivity index (χ0) is 12.5. The molecule has 1 aromatic heterocycles. The molecule has 0 atom stereocenters. The Labute approximate surface area is 100 Å². The van der Waals surface area contributed by atoms with E-state index in [1.165, 1.54) is 23.1 Å². The number of fused-ring (bicyclic) bond motifs is 1. The second-order valence-corrected chi connectivity index (χ2v) is 3.50. The van der Waals surface area contributed by atoms with Gasteiger partial charge in [-0.1, -0.05) is 0 Å². The van der Waals surface area contributed by atoms with Gasteiger partial charge in [0.2, 0.25) is 0 Å². The Morgan fingerprint density at radius 2 is 2.00 bits per heavy atom. The summed E-state index contributed by atoms with van der Waals surface area (Å²) in [6.45, 7) is 0.772. The number of hydrogen-bond acceptors (Lipinski definition) is 7. The molecular weight excluding hydrogens is 242 g/mol. The van der Waals surface area contributed by atoms with Crippen molar-refractivity contribution in [3.63, 3.8) is 0 Å². The first kappa shape index (κ1) is 10.4. The Bertz CT molecular complexity index is 597. The van der Waals surface area contributed by atoms with Crippen LogP contribution in [-0.4, -0.2) is 38.3 Å². The Kier molecular flexibility index (Phi) is 2.29. The SMILES string of the molecule is O=[N+]([O-])c1cc2c(cc1-n1cnnn1)OCCO2. The molecule has 0 radical (unpaired) electrons. The van der Waals surface area contributed by atoms with Crippen molar-refractivity contribution in [2.24, 2.45) is 0 Å². The van der Waals surface area contributed by atoms with Crippen LogP contribution in [0.5, 0.6) is 11.5 Å². The van der Waals surface area contributed by atoms with Gasteiger partial charge in [0, 0.05) is 6.07 Å². The molecule has 0 fully saturated rings. The highest BCUT2D eigenvalue weighted by atomic mass is 16.6. The lowest BCUT2D eigenvalue weighted by Gasteiger charge is -2.18. The van der Waals surface area contributed by atoms with Crippen LogP contribution in [0.15, 0.2) is 18.5 Å². The van der Waals surface area contributed by atoms with Gasteiger partial charge in [-0.3, -0.25) is 10.1 Å². The molecule has 9 nitrogen and oxygen atoms in total. The third-order valence-corrected chi connectivity index (χ3v) is 2.43. The molecule has 1 aliphatic rings. The summed E-state index contributed by atoms with van der Waals surface area (Å²) in [5.74, 6) is 0.794. The average molecular weight is 249 g/mol. The fourth-order valence-electron chi connectivity index (χ4n) is 1.67. The Morgan fingerprint density at radius 1 is 1.28 bits per heavy atom. The molecule has 1 aromatic carbocycles. The summed E-state index contributed by atoms with van der Waals surface area (Å²) in [6, 6.07) is 2.80. The van der Waals surface area contributed by atoms with Gasteiger partial charge in [-0.15, -0.1) is 5.10 Å². The van der Waals surface area contributed by atoms with Crippen LogP contribution in [0.4, 0.5) is 5.69 Å². The highest BCUT2D eigenvalue weighted by Gasteiger charge is 2.23. The van der Waals surface area contributed by atoms with Crippen molar-refractivity contribution in [3.8, 4) is 17.2 Å². The maximum absolute atomic E-state index is 11.0. The van der Waals surface area contributed by atoms with Crippen LogP contribution in [0.25, 0.3) is 5.69 Å². The van der Waals surface area contributed by atoms with E-state index in [4.69, 9.17) is 9.47 Å². The van der Waals surface area contributed by atoms with Gasteiger partial charge in [-0.05, 0) is 10.4 Å². The molecule has 2 aromatic rings. The van der Waals surface area contributed by atoms with Crippen LogP contribution in [0, 0.1) is 10.1 Å². The van der Waals surface area contributed by atoms with Gasteiger partial charge in [-0.25, -0.2) is 0 Å². The lowest BCUT2D eigenvalue weighted by atomic mass is 10.2. The molecule has 2 heterocycles. The van der Waals surface area contributed by atoms with Gasteiger partial charge in [0.15, 0.2) is 11.5 Å². The molecule has 18 heavy (non-hydrogen) atoms. The molecule has 9 heteroatoms. The van der Waals surface area contributed by atoms with E-state index < -0.39 is 4.92 Å². The number of tetrazole rings is 1. The minimum absolute atomic E-state index is 0.147. The van der Waals surface area contributed by atoms with Crippen molar-refractivity contribution < 1.29 is 14.4 Å². The minimum atomic E-state index is -0.519. The smallest absolute Gasteiger partial charge is 0.298 e. The summed E-state index contributed by atoms with van der Waals surface area (Å²) in [5.41, 5.74) is 0.0841. The zero-order valence-electron chi connectivity index (χ0n) is 9.02. The van der Waals surface area contributed by atoms with Gasteiger partial charge in [-0.2, -0.15) is 4.68 Å². The zero-order valence-corrected chi connectivity index (χ0v) is 9.02. The number of nitro benzene ring substituents is 1. The van der Waals surface area contributed by atoms with Gasteiger partial charge >= 0.3 is 0 Å². The first-order valence-corrected chi connectivity index (χ1v) is 5.07. The summed E-state index contributed by atoms with van der Waals surface area (Å²) in [5, 5.41) is 21.6. The van der Waals surface area contributed by atoms with E-state index in [0.29, 0.717) is 24.7 Å². The fraction of sp³-hybridized carbons (Fsp3) is 0.222. The lowest BCUT2D eigenvalue weighted by molar-refractivity contribution is -0.384. The molecule has 0 unspecified atom stereocenters. The van der Waals surface area contributed by atoms with Crippen molar-refractivity contribution in [1.82, 2.24) is 20.2 Å². The van der Waals surface area contributed by atoms with Gasteiger partial charge < -0.3 is 9.47 Å². The third-order valence-electron chi connectivity index (χ3n) is 2.43. The van der Waals surface area contributed by atoms with E-state index in [0.717, 1.165) is 0 Å². The molecule has 1 aliphatic heterocycles. The highest BCUT2D eigenvalue weighted by molar-refractivity contribution is 5.61. The van der Waals surface area contributed by atoms with Crippen LogP contribution in [0.3, 0.4) is 0 Å². The predicted molar refractivity (Wildman–Crippen MR) is 56.8 cm³/mol. The highest BCUT2D eigenvalue weighted by Crippen LogP contribution is 2.37. The maximum atomic E-state index is 11.0. The van der Waals surface area contributed by atoms with Crippen molar-refractivity contribution in [2.75, 3.05) is 13.2 Å². The molecule has 0 bridgehead atoms. The molecule has 0 aliphatic carbocycles. The van der Waals surface area contributed by atoms with E-state index in [1.54, 1.807) is 0 Å². The standard InChI is InChI=1S/C9H7N5O4/c15-14(16)7-4-9-8(17-1-2-18-9)3-6(7)13-5-10-11-12-13/h3-5H,1-2H2. The molecule has 3 rings (SSSR count). The quantitative estimate of drug-likeness (QED) is 0.558. The first-order valence-electron chi connectivity index (χ1n) is 5.07. The number of ether oxygens (including phenoxy) is 2. The number of nitrogens with zero attached hydrogens (tertiary/aromatic N) is 5. The van der Waals surface area contributed by atoms with E-state index in [2.05, 4.69) is 15.5 Å². The molecular formula is C9H7N5O4. The maximum Gasteiger partial charge on any atom is 0.298 e. The predicted octanol–water partition coefficient (Wildman–Crippen LogP) is 0.342. The molecule has 0 N–H and O–H groups in total. The van der Waals surface area contributed by atoms with Crippen LogP contribution < -0.4 is 9.47 Å². The minimum Gasteiger partial charge on any atom is -0.486 e. The van der Waals surface area contributed by atoms with E-state index in [9.17, 15) is 10.1 Å². The molecule has 92 valence electrons. The first-order chi connectivity index (χ1) is 8.75. The largest absolute Gasteiger partial charge is 0.486 e. The monoisotopic (exact) mass is 249 g/mol. The second kappa shape index (κ2) is 3.95. The Hall–Kier alpha value is -2.71. The van der Waals surface area contributed by atoms with E-state index in [-0.39, 0.29) is 11.4 Å². The van der Waals surface area contributed by atoms with Gasteiger partial charge in [0.1, 0.15) is 25.2 Å². The molecule has 0 saturated carbocycles. The third kappa shape index (κ3) is 1.61. The van der Waals surface area contributed by atoms with Gasteiger partial charge in [0.25, 0.3) is 5.69 Å². The number of hydrogen-bond donors (Lipinski definition) is 0. The van der Waals surface area contributed by atoms with E-state index in [1.807, 2.05) is 0 Å². The van der Waals surface area contributed by atoms with Crippen LogP contribution in [-0.2, 0) is 0 Å². The lowest BCUT2D eigenvalue weighted by Crippen LogP contribution is -2.16.